The van der Waals surface area contributed by atoms with Gasteiger partial charge in [-0.2, -0.15) is 0 Å². The molecule has 0 amide bonds. The van der Waals surface area contributed by atoms with Gasteiger partial charge in [-0.25, -0.2) is 0 Å². The fraction of sp³-hybridized carbons (Fsp3) is 0.750. The predicted octanol–water partition coefficient (Wildman–Crippen LogP) is 1.82. The zero-order valence-corrected chi connectivity index (χ0v) is 8.83. The predicted molar refractivity (Wildman–Crippen MR) is 54.3 cm³/mol. The fourth-order valence-corrected chi connectivity index (χ4v) is 3.32. The SMILES string of the molecule is O=C1CC=CC[C@@]12CCCC21OCCO1. The maximum Gasteiger partial charge on any atom is 0.181 e. The molecule has 82 valence electrons. The molecule has 0 unspecified atom stereocenters. The number of allylic oxidation sites excluding steroid dienone is 2. The van der Waals surface area contributed by atoms with Crippen LogP contribution in [0, 0.1) is 5.41 Å². The molecule has 15 heavy (non-hydrogen) atoms. The first-order valence-electron chi connectivity index (χ1n) is 5.75. The third-order valence-electron chi connectivity index (χ3n) is 4.06. The molecule has 3 rings (SSSR count). The van der Waals surface area contributed by atoms with Gasteiger partial charge in [-0.05, 0) is 19.3 Å². The van der Waals surface area contributed by atoms with Crippen LogP contribution in [0.25, 0.3) is 0 Å². The van der Waals surface area contributed by atoms with Crippen molar-refractivity contribution < 1.29 is 14.3 Å². The van der Waals surface area contributed by atoms with E-state index in [2.05, 4.69) is 6.08 Å². The zero-order chi connectivity index (χ0) is 10.4. The Morgan fingerprint density at radius 1 is 1.13 bits per heavy atom. The summed E-state index contributed by atoms with van der Waals surface area (Å²) in [7, 11) is 0. The van der Waals surface area contributed by atoms with Crippen LogP contribution in [0.2, 0.25) is 0 Å². The first kappa shape index (κ1) is 9.55. The van der Waals surface area contributed by atoms with Crippen LogP contribution in [-0.4, -0.2) is 24.8 Å². The van der Waals surface area contributed by atoms with Gasteiger partial charge in [-0.3, -0.25) is 4.79 Å². The van der Waals surface area contributed by atoms with Gasteiger partial charge in [0.2, 0.25) is 0 Å². The van der Waals surface area contributed by atoms with E-state index in [0.29, 0.717) is 25.4 Å². The number of fused-ring (bicyclic) bond motifs is 1. The number of hydrogen-bond donors (Lipinski definition) is 0. The van der Waals surface area contributed by atoms with E-state index in [1.165, 1.54) is 0 Å². The monoisotopic (exact) mass is 208 g/mol. The van der Waals surface area contributed by atoms with Crippen LogP contribution in [0.4, 0.5) is 0 Å². The molecule has 1 heterocycles. The Bertz CT molecular complexity index is 309. The lowest BCUT2D eigenvalue weighted by Gasteiger charge is -2.41. The van der Waals surface area contributed by atoms with E-state index >= 15 is 0 Å². The smallest absolute Gasteiger partial charge is 0.181 e. The molecule has 1 atom stereocenters. The highest BCUT2D eigenvalue weighted by atomic mass is 16.7. The first-order valence-corrected chi connectivity index (χ1v) is 5.75. The van der Waals surface area contributed by atoms with E-state index in [1.54, 1.807) is 0 Å². The van der Waals surface area contributed by atoms with Crippen LogP contribution >= 0.6 is 0 Å². The van der Waals surface area contributed by atoms with Crippen molar-refractivity contribution >= 4 is 5.78 Å². The lowest BCUT2D eigenvalue weighted by atomic mass is 9.71. The lowest BCUT2D eigenvalue weighted by Crippen LogP contribution is -2.50. The summed E-state index contributed by atoms with van der Waals surface area (Å²) in [6.45, 7) is 1.28. The molecule has 2 spiro atoms. The Morgan fingerprint density at radius 3 is 2.67 bits per heavy atom. The molecular formula is C12H16O3. The van der Waals surface area contributed by atoms with Gasteiger partial charge in [0.05, 0.1) is 18.6 Å². The minimum atomic E-state index is -0.575. The minimum Gasteiger partial charge on any atom is -0.346 e. The highest BCUT2D eigenvalue weighted by molar-refractivity contribution is 5.88. The van der Waals surface area contributed by atoms with E-state index in [1.807, 2.05) is 6.08 Å². The van der Waals surface area contributed by atoms with Gasteiger partial charge < -0.3 is 9.47 Å². The minimum absolute atomic E-state index is 0.310. The number of ether oxygens (including phenoxy) is 2. The molecule has 0 aromatic heterocycles. The number of carbonyl (C=O) groups excluding carboxylic acids is 1. The molecule has 1 aliphatic heterocycles. The fourth-order valence-electron chi connectivity index (χ4n) is 3.32. The second kappa shape index (κ2) is 3.16. The Morgan fingerprint density at radius 2 is 1.93 bits per heavy atom. The summed E-state index contributed by atoms with van der Waals surface area (Å²) in [6.07, 6.45) is 8.27. The van der Waals surface area contributed by atoms with E-state index in [0.717, 1.165) is 25.7 Å². The molecule has 0 aromatic rings. The molecule has 3 heteroatoms. The summed E-state index contributed by atoms with van der Waals surface area (Å²) in [4.78, 5) is 12.2. The van der Waals surface area contributed by atoms with E-state index in [-0.39, 0.29) is 5.41 Å². The number of ketones is 1. The standard InChI is InChI=1S/C12H16O3/c13-10-4-1-2-5-11(10)6-3-7-12(11)14-8-9-15-12/h1-2H,3-9H2/t11-/m1/s1. The summed E-state index contributed by atoms with van der Waals surface area (Å²) in [5.74, 6) is -0.265. The number of Topliss-reactive ketones (excluding diaryl/α,β-unsaturated/α-hetero) is 1. The number of carbonyl (C=O) groups is 1. The highest BCUT2D eigenvalue weighted by Crippen LogP contribution is 2.55. The van der Waals surface area contributed by atoms with E-state index in [4.69, 9.17) is 9.47 Å². The van der Waals surface area contributed by atoms with Gasteiger partial charge in [-0.15, -0.1) is 0 Å². The van der Waals surface area contributed by atoms with Crippen molar-refractivity contribution in [1.29, 1.82) is 0 Å². The second-order valence-electron chi connectivity index (χ2n) is 4.69. The molecular weight excluding hydrogens is 192 g/mol. The molecule has 2 fully saturated rings. The molecule has 1 saturated carbocycles. The Hall–Kier alpha value is -0.670. The Kier molecular flexibility index (Phi) is 2.01. The third kappa shape index (κ3) is 1.11. The number of hydrogen-bond acceptors (Lipinski definition) is 3. The van der Waals surface area contributed by atoms with Crippen molar-refractivity contribution in [3.8, 4) is 0 Å². The molecule has 0 bridgehead atoms. The van der Waals surface area contributed by atoms with Crippen LogP contribution in [-0.2, 0) is 14.3 Å². The normalized spacial score (nSPS) is 38.3. The maximum atomic E-state index is 12.2. The zero-order valence-electron chi connectivity index (χ0n) is 8.83. The molecule has 2 aliphatic carbocycles. The Labute approximate surface area is 89.4 Å². The third-order valence-corrected chi connectivity index (χ3v) is 4.06. The van der Waals surface area contributed by atoms with E-state index in [9.17, 15) is 4.79 Å². The average Bonchev–Trinajstić information content (AvgIpc) is 2.83. The molecule has 0 radical (unpaired) electrons. The van der Waals surface area contributed by atoms with Gasteiger partial charge in [0, 0.05) is 12.8 Å². The maximum absolute atomic E-state index is 12.2. The van der Waals surface area contributed by atoms with Crippen LogP contribution in [0.15, 0.2) is 12.2 Å². The van der Waals surface area contributed by atoms with Gasteiger partial charge in [-0.1, -0.05) is 12.2 Å². The number of rotatable bonds is 0. The van der Waals surface area contributed by atoms with Crippen molar-refractivity contribution in [2.75, 3.05) is 13.2 Å². The van der Waals surface area contributed by atoms with Crippen molar-refractivity contribution in [2.24, 2.45) is 5.41 Å². The Balaban J connectivity index is 2.01. The topological polar surface area (TPSA) is 35.5 Å². The molecule has 1 saturated heterocycles. The molecule has 0 aromatic carbocycles. The lowest BCUT2D eigenvalue weighted by molar-refractivity contribution is -0.218. The van der Waals surface area contributed by atoms with E-state index < -0.39 is 5.79 Å². The van der Waals surface area contributed by atoms with Gasteiger partial charge in [0.15, 0.2) is 5.79 Å². The highest BCUT2D eigenvalue weighted by Gasteiger charge is 2.62. The largest absolute Gasteiger partial charge is 0.346 e. The van der Waals surface area contributed by atoms with Crippen molar-refractivity contribution in [1.82, 2.24) is 0 Å². The summed E-state index contributed by atoms with van der Waals surface area (Å²) >= 11 is 0. The average molecular weight is 208 g/mol. The second-order valence-corrected chi connectivity index (χ2v) is 4.69. The van der Waals surface area contributed by atoms with Crippen LogP contribution in [0.5, 0.6) is 0 Å². The summed E-state index contributed by atoms with van der Waals surface area (Å²) in [5.41, 5.74) is -0.363. The van der Waals surface area contributed by atoms with Gasteiger partial charge in [0.25, 0.3) is 0 Å². The van der Waals surface area contributed by atoms with Crippen LogP contribution in [0.3, 0.4) is 0 Å². The molecule has 3 aliphatic rings. The van der Waals surface area contributed by atoms with Crippen molar-refractivity contribution in [3.63, 3.8) is 0 Å². The summed E-state index contributed by atoms with van der Waals surface area (Å²) in [6, 6.07) is 0. The van der Waals surface area contributed by atoms with Crippen LogP contribution < -0.4 is 0 Å². The first-order chi connectivity index (χ1) is 7.29. The summed E-state index contributed by atoms with van der Waals surface area (Å²) < 4.78 is 11.6. The molecule has 3 nitrogen and oxygen atoms in total. The van der Waals surface area contributed by atoms with Crippen molar-refractivity contribution in [3.05, 3.63) is 12.2 Å². The molecule has 0 N–H and O–H groups in total. The quantitative estimate of drug-likeness (QED) is 0.570. The van der Waals surface area contributed by atoms with Gasteiger partial charge >= 0.3 is 0 Å². The summed E-state index contributed by atoms with van der Waals surface area (Å²) in [5, 5.41) is 0. The van der Waals surface area contributed by atoms with Crippen LogP contribution in [0.1, 0.15) is 32.1 Å². The van der Waals surface area contributed by atoms with Gasteiger partial charge in [0.1, 0.15) is 5.78 Å². The van der Waals surface area contributed by atoms with Crippen molar-refractivity contribution in [2.45, 2.75) is 37.9 Å².